The molecule has 1 saturated heterocycles. The smallest absolute Gasteiger partial charge is 0.161 e. The normalized spacial score (nSPS) is 19.1. The van der Waals surface area contributed by atoms with E-state index in [0.717, 1.165) is 35.6 Å². The van der Waals surface area contributed by atoms with Gasteiger partial charge in [-0.15, -0.1) is 0 Å². The van der Waals surface area contributed by atoms with Gasteiger partial charge in [0.1, 0.15) is 0 Å². The predicted molar refractivity (Wildman–Crippen MR) is 84.6 cm³/mol. The minimum atomic E-state index is 0.601. The second kappa shape index (κ2) is 7.29. The first kappa shape index (κ1) is 15.6. The quantitative estimate of drug-likeness (QED) is 0.891. The number of piperidine rings is 1. The van der Waals surface area contributed by atoms with Gasteiger partial charge in [0, 0.05) is 23.6 Å². The van der Waals surface area contributed by atoms with E-state index in [-0.39, 0.29) is 0 Å². The summed E-state index contributed by atoms with van der Waals surface area (Å²) in [6.07, 6.45) is 2.51. The molecule has 1 aromatic carbocycles. The molecule has 0 amide bonds. The van der Waals surface area contributed by atoms with E-state index in [0.29, 0.717) is 6.04 Å². The largest absolute Gasteiger partial charge is 0.493 e. The number of hydrogen-bond donors (Lipinski definition) is 1. The highest BCUT2D eigenvalue weighted by atomic mass is 79.9. The third-order valence-corrected chi connectivity index (χ3v) is 4.60. The molecule has 1 aliphatic heterocycles. The molecule has 1 atom stereocenters. The van der Waals surface area contributed by atoms with Crippen molar-refractivity contribution in [2.45, 2.75) is 25.4 Å². The SMILES string of the molecule is COc1cc(Br)c(CN(C)C2CCCNC2)cc1OC. The minimum absolute atomic E-state index is 0.601. The van der Waals surface area contributed by atoms with Crippen molar-refractivity contribution in [3.05, 3.63) is 22.2 Å². The van der Waals surface area contributed by atoms with Crippen molar-refractivity contribution in [2.75, 3.05) is 34.4 Å². The molecule has 2 rings (SSSR count). The fraction of sp³-hybridized carbons (Fsp3) is 0.600. The van der Waals surface area contributed by atoms with Gasteiger partial charge in [-0.25, -0.2) is 0 Å². The van der Waals surface area contributed by atoms with Crippen molar-refractivity contribution in [1.82, 2.24) is 10.2 Å². The lowest BCUT2D eigenvalue weighted by Crippen LogP contribution is -2.43. The number of hydrogen-bond acceptors (Lipinski definition) is 4. The number of nitrogens with one attached hydrogen (secondary N) is 1. The van der Waals surface area contributed by atoms with Crippen molar-refractivity contribution < 1.29 is 9.47 Å². The van der Waals surface area contributed by atoms with Crippen LogP contribution < -0.4 is 14.8 Å². The number of likely N-dealkylation sites (N-methyl/N-ethyl adjacent to an activating group) is 1. The lowest BCUT2D eigenvalue weighted by molar-refractivity contribution is 0.195. The molecule has 0 aliphatic carbocycles. The van der Waals surface area contributed by atoms with E-state index in [1.165, 1.54) is 18.4 Å². The lowest BCUT2D eigenvalue weighted by atomic mass is 10.1. The molecule has 0 aromatic heterocycles. The van der Waals surface area contributed by atoms with E-state index in [1.54, 1.807) is 14.2 Å². The van der Waals surface area contributed by atoms with Gasteiger partial charge in [0.05, 0.1) is 14.2 Å². The molecule has 0 bridgehead atoms. The van der Waals surface area contributed by atoms with Gasteiger partial charge in [0.2, 0.25) is 0 Å². The fourth-order valence-electron chi connectivity index (χ4n) is 2.62. The van der Waals surface area contributed by atoms with Crippen LogP contribution in [0, 0.1) is 0 Å². The summed E-state index contributed by atoms with van der Waals surface area (Å²) >= 11 is 3.63. The van der Waals surface area contributed by atoms with Crippen LogP contribution in [-0.4, -0.2) is 45.3 Å². The first-order valence-electron chi connectivity index (χ1n) is 6.97. The summed E-state index contributed by atoms with van der Waals surface area (Å²) in [7, 11) is 5.51. The molecule has 0 spiro atoms. The first-order valence-corrected chi connectivity index (χ1v) is 7.76. The molecular weight excluding hydrogens is 320 g/mol. The lowest BCUT2D eigenvalue weighted by Gasteiger charge is -2.32. The summed E-state index contributed by atoms with van der Waals surface area (Å²) in [5.41, 5.74) is 1.22. The minimum Gasteiger partial charge on any atom is -0.493 e. The van der Waals surface area contributed by atoms with E-state index in [1.807, 2.05) is 6.07 Å². The van der Waals surface area contributed by atoms with Crippen molar-refractivity contribution in [3.63, 3.8) is 0 Å². The van der Waals surface area contributed by atoms with Crippen LogP contribution in [0.1, 0.15) is 18.4 Å². The summed E-state index contributed by atoms with van der Waals surface area (Å²) in [6.45, 7) is 3.11. The van der Waals surface area contributed by atoms with Gasteiger partial charge in [-0.05, 0) is 44.1 Å². The average molecular weight is 343 g/mol. The van der Waals surface area contributed by atoms with Gasteiger partial charge < -0.3 is 14.8 Å². The van der Waals surface area contributed by atoms with Crippen molar-refractivity contribution >= 4 is 15.9 Å². The first-order chi connectivity index (χ1) is 9.65. The van der Waals surface area contributed by atoms with Crippen LogP contribution in [-0.2, 0) is 6.54 Å². The summed E-state index contributed by atoms with van der Waals surface area (Å²) < 4.78 is 11.8. The van der Waals surface area contributed by atoms with Crippen LogP contribution in [0.15, 0.2) is 16.6 Å². The molecule has 1 aliphatic rings. The van der Waals surface area contributed by atoms with Crippen molar-refractivity contribution in [3.8, 4) is 11.5 Å². The maximum Gasteiger partial charge on any atom is 0.161 e. The molecule has 5 heteroatoms. The maximum absolute atomic E-state index is 5.38. The Labute approximate surface area is 129 Å². The predicted octanol–water partition coefficient (Wildman–Crippen LogP) is 2.65. The Balaban J connectivity index is 2.11. The number of nitrogens with zero attached hydrogens (tertiary/aromatic N) is 1. The summed E-state index contributed by atoms with van der Waals surface area (Å²) in [4.78, 5) is 2.40. The summed E-state index contributed by atoms with van der Waals surface area (Å²) in [6, 6.07) is 4.63. The zero-order valence-corrected chi connectivity index (χ0v) is 14.0. The van der Waals surface area contributed by atoms with Crippen LogP contribution in [0.2, 0.25) is 0 Å². The molecule has 1 heterocycles. The number of halogens is 1. The van der Waals surface area contributed by atoms with Gasteiger partial charge in [-0.1, -0.05) is 15.9 Å². The fourth-order valence-corrected chi connectivity index (χ4v) is 3.07. The Kier molecular flexibility index (Phi) is 5.69. The highest BCUT2D eigenvalue weighted by Gasteiger charge is 2.19. The molecule has 112 valence electrons. The number of methoxy groups -OCH3 is 2. The summed E-state index contributed by atoms with van der Waals surface area (Å²) in [5.74, 6) is 1.53. The van der Waals surface area contributed by atoms with Crippen LogP contribution >= 0.6 is 15.9 Å². The van der Waals surface area contributed by atoms with Crippen LogP contribution in [0.4, 0.5) is 0 Å². The van der Waals surface area contributed by atoms with Gasteiger partial charge in [0.25, 0.3) is 0 Å². The van der Waals surface area contributed by atoms with Gasteiger partial charge in [-0.2, -0.15) is 0 Å². The molecule has 1 unspecified atom stereocenters. The standard InChI is InChI=1S/C15H23BrN2O2/c1-18(12-5-4-6-17-9-12)10-11-7-14(19-2)15(20-3)8-13(11)16/h7-8,12,17H,4-6,9-10H2,1-3H3. The molecule has 0 radical (unpaired) electrons. The summed E-state index contributed by atoms with van der Waals surface area (Å²) in [5, 5.41) is 3.46. The molecule has 1 N–H and O–H groups in total. The van der Waals surface area contributed by atoms with E-state index in [2.05, 4.69) is 39.3 Å². The van der Waals surface area contributed by atoms with E-state index >= 15 is 0 Å². The van der Waals surface area contributed by atoms with Gasteiger partial charge in [0.15, 0.2) is 11.5 Å². The van der Waals surface area contributed by atoms with E-state index < -0.39 is 0 Å². The van der Waals surface area contributed by atoms with E-state index in [9.17, 15) is 0 Å². The zero-order chi connectivity index (χ0) is 14.5. The van der Waals surface area contributed by atoms with Crippen LogP contribution in [0.25, 0.3) is 0 Å². The molecule has 0 saturated carbocycles. The molecular formula is C15H23BrN2O2. The second-order valence-electron chi connectivity index (χ2n) is 5.21. The Morgan fingerprint density at radius 2 is 2.00 bits per heavy atom. The van der Waals surface area contributed by atoms with Crippen LogP contribution in [0.3, 0.4) is 0 Å². The van der Waals surface area contributed by atoms with Gasteiger partial charge >= 0.3 is 0 Å². The number of benzene rings is 1. The third-order valence-electron chi connectivity index (χ3n) is 3.87. The van der Waals surface area contributed by atoms with E-state index in [4.69, 9.17) is 9.47 Å². The zero-order valence-electron chi connectivity index (χ0n) is 12.4. The maximum atomic E-state index is 5.38. The monoisotopic (exact) mass is 342 g/mol. The highest BCUT2D eigenvalue weighted by molar-refractivity contribution is 9.10. The van der Waals surface area contributed by atoms with Crippen molar-refractivity contribution in [2.24, 2.45) is 0 Å². The molecule has 1 aromatic rings. The Hall–Kier alpha value is -0.780. The molecule has 1 fully saturated rings. The average Bonchev–Trinajstić information content (AvgIpc) is 2.49. The topological polar surface area (TPSA) is 33.7 Å². The number of ether oxygens (including phenoxy) is 2. The Bertz CT molecular complexity index is 448. The third kappa shape index (κ3) is 3.65. The number of rotatable bonds is 5. The Morgan fingerprint density at radius 3 is 2.60 bits per heavy atom. The molecule has 4 nitrogen and oxygen atoms in total. The van der Waals surface area contributed by atoms with Gasteiger partial charge in [-0.3, -0.25) is 4.90 Å². The van der Waals surface area contributed by atoms with Crippen LogP contribution in [0.5, 0.6) is 11.5 Å². The Morgan fingerprint density at radius 1 is 1.30 bits per heavy atom. The second-order valence-corrected chi connectivity index (χ2v) is 6.07. The highest BCUT2D eigenvalue weighted by Crippen LogP contribution is 2.34. The molecule has 20 heavy (non-hydrogen) atoms. The van der Waals surface area contributed by atoms with Crippen molar-refractivity contribution in [1.29, 1.82) is 0 Å².